The molecule has 36 heavy (non-hydrogen) atoms. The lowest BCUT2D eigenvalue weighted by molar-refractivity contribution is -0.991. The van der Waals surface area contributed by atoms with Crippen LogP contribution in [-0.2, 0) is 22.6 Å². The van der Waals surface area contributed by atoms with Crippen LogP contribution in [0.2, 0.25) is 0 Å². The third-order valence-electron chi connectivity index (χ3n) is 7.11. The van der Waals surface area contributed by atoms with Gasteiger partial charge in [-0.05, 0) is 23.3 Å². The van der Waals surface area contributed by atoms with Gasteiger partial charge in [0.05, 0.1) is 6.04 Å². The van der Waals surface area contributed by atoms with Crippen molar-refractivity contribution in [3.63, 3.8) is 0 Å². The molecule has 2 aliphatic rings. The molecule has 0 spiro atoms. The maximum Gasteiger partial charge on any atom is 0.246 e. The minimum absolute atomic E-state index is 0.00148. The molecule has 1 aromatic heterocycles. The van der Waals surface area contributed by atoms with Crippen LogP contribution in [0.25, 0.3) is 10.9 Å². The molecule has 4 aromatic rings. The van der Waals surface area contributed by atoms with Crippen LogP contribution in [0.1, 0.15) is 28.4 Å². The minimum atomic E-state index is -1.07. The average molecular weight is 487 g/mol. The number of amides is 2. The van der Waals surface area contributed by atoms with Gasteiger partial charge in [0, 0.05) is 47.3 Å². The van der Waals surface area contributed by atoms with Crippen LogP contribution in [0.5, 0.6) is 0 Å². The van der Waals surface area contributed by atoms with E-state index in [9.17, 15) is 24.4 Å². The zero-order valence-electron chi connectivity index (χ0n) is 19.1. The summed E-state index contributed by atoms with van der Waals surface area (Å²) in [5, 5.41) is 21.1. The van der Waals surface area contributed by atoms with E-state index in [0.29, 0.717) is 17.5 Å². The van der Waals surface area contributed by atoms with E-state index in [1.54, 1.807) is 41.3 Å². The van der Waals surface area contributed by atoms with Crippen molar-refractivity contribution in [2.75, 3.05) is 6.54 Å². The number of quaternary nitrogens is 1. The Balaban J connectivity index is 1.47. The number of rotatable bonds is 4. The summed E-state index contributed by atoms with van der Waals surface area (Å²) in [4.78, 5) is 33.7. The number of nitrogens with one attached hydrogen (secondary N) is 2. The van der Waals surface area contributed by atoms with Crippen LogP contribution < -0.4 is 5.23 Å². The molecule has 1 fully saturated rings. The lowest BCUT2D eigenvalue weighted by Gasteiger charge is -2.47. The predicted molar refractivity (Wildman–Crippen MR) is 129 cm³/mol. The van der Waals surface area contributed by atoms with Crippen LogP contribution in [0.15, 0.2) is 72.8 Å². The molecule has 2 unspecified atom stereocenters. The Morgan fingerprint density at radius 1 is 1.06 bits per heavy atom. The SMILES string of the molecule is O=C1[C@@H]2Cc3c([nH]c4ccccc34)C(c3cccc([NH+]([O-])O)c3)N2C(=O)CN1Cc1ccccc1F. The van der Waals surface area contributed by atoms with Gasteiger partial charge in [-0.3, -0.25) is 9.59 Å². The van der Waals surface area contributed by atoms with Crippen molar-refractivity contribution < 1.29 is 24.4 Å². The Morgan fingerprint density at radius 2 is 1.83 bits per heavy atom. The van der Waals surface area contributed by atoms with E-state index in [1.165, 1.54) is 17.0 Å². The number of hydrogen-bond donors (Lipinski definition) is 3. The smallest absolute Gasteiger partial charge is 0.246 e. The first-order valence-electron chi connectivity index (χ1n) is 11.7. The summed E-state index contributed by atoms with van der Waals surface area (Å²) in [6, 6.07) is 19.0. The van der Waals surface area contributed by atoms with Gasteiger partial charge in [-0.1, -0.05) is 48.5 Å². The fraction of sp³-hybridized carbons (Fsp3) is 0.185. The molecular weight excluding hydrogens is 463 g/mol. The fourth-order valence-corrected chi connectivity index (χ4v) is 5.48. The van der Waals surface area contributed by atoms with Gasteiger partial charge < -0.3 is 20.0 Å². The van der Waals surface area contributed by atoms with Crippen LogP contribution in [0, 0.1) is 11.0 Å². The number of fused-ring (bicyclic) bond motifs is 4. The topological polar surface area (TPSA) is 104 Å². The molecule has 1 saturated heterocycles. The molecule has 3 N–H and O–H groups in total. The highest BCUT2D eigenvalue weighted by Crippen LogP contribution is 2.43. The number of hydrogen-bond acceptors (Lipinski definition) is 4. The Kier molecular flexibility index (Phi) is 5.33. The number of halogens is 1. The standard InChI is InChI=1S/C27H23FN4O4/c28-21-10-3-1-6-17(21)14-30-15-24(33)31-23(27(30)34)13-20-19-9-2-4-11-22(19)29-25(20)26(31)16-7-5-8-18(12-16)32(35)36/h1-12,23,26,29,32,35H,13-15H2/t23-,26?/m0/s1. The van der Waals surface area contributed by atoms with Crippen molar-refractivity contribution in [2.45, 2.75) is 25.0 Å². The highest BCUT2D eigenvalue weighted by molar-refractivity contribution is 5.97. The van der Waals surface area contributed by atoms with Gasteiger partial charge in [0.1, 0.15) is 18.4 Å². The number of carbonyl (C=O) groups is 2. The molecular formula is C27H23FN4O4. The maximum atomic E-state index is 14.3. The molecule has 3 atom stereocenters. The van der Waals surface area contributed by atoms with Gasteiger partial charge in [-0.2, -0.15) is 5.23 Å². The van der Waals surface area contributed by atoms with E-state index in [4.69, 9.17) is 0 Å². The summed E-state index contributed by atoms with van der Waals surface area (Å²) < 4.78 is 14.3. The summed E-state index contributed by atoms with van der Waals surface area (Å²) in [6.45, 7) is -0.185. The quantitative estimate of drug-likeness (QED) is 0.386. The van der Waals surface area contributed by atoms with E-state index in [-0.39, 0.29) is 30.6 Å². The Bertz CT molecular complexity index is 1500. The second-order valence-electron chi connectivity index (χ2n) is 9.20. The van der Waals surface area contributed by atoms with Crippen molar-refractivity contribution in [2.24, 2.45) is 0 Å². The first kappa shape index (κ1) is 22.4. The molecule has 3 heterocycles. The number of carbonyl (C=O) groups excluding carboxylic acids is 2. The van der Waals surface area contributed by atoms with Crippen molar-refractivity contribution in [1.82, 2.24) is 14.8 Å². The molecule has 2 amide bonds. The average Bonchev–Trinajstić information content (AvgIpc) is 3.25. The lowest BCUT2D eigenvalue weighted by atomic mass is 9.86. The summed E-state index contributed by atoms with van der Waals surface area (Å²) in [7, 11) is 0. The largest absolute Gasteiger partial charge is 0.595 e. The monoisotopic (exact) mass is 486 g/mol. The Hall–Kier alpha value is -4.05. The molecule has 0 saturated carbocycles. The zero-order chi connectivity index (χ0) is 25.0. The fourth-order valence-electron chi connectivity index (χ4n) is 5.48. The first-order chi connectivity index (χ1) is 17.4. The predicted octanol–water partition coefficient (Wildman–Crippen LogP) is 2.60. The Morgan fingerprint density at radius 3 is 2.64 bits per heavy atom. The molecule has 0 radical (unpaired) electrons. The zero-order valence-corrected chi connectivity index (χ0v) is 19.1. The molecule has 9 heteroatoms. The first-order valence-corrected chi connectivity index (χ1v) is 11.7. The highest BCUT2D eigenvalue weighted by Gasteiger charge is 2.48. The normalized spacial score (nSPS) is 20.4. The summed E-state index contributed by atoms with van der Waals surface area (Å²) >= 11 is 0. The molecule has 8 nitrogen and oxygen atoms in total. The molecule has 0 bridgehead atoms. The second-order valence-corrected chi connectivity index (χ2v) is 9.20. The molecule has 2 aliphatic heterocycles. The van der Waals surface area contributed by atoms with Gasteiger partial charge in [-0.25, -0.2) is 9.60 Å². The summed E-state index contributed by atoms with van der Waals surface area (Å²) in [5.41, 5.74) is 3.64. The summed E-state index contributed by atoms with van der Waals surface area (Å²) in [6.07, 6.45) is 0.312. The maximum absolute atomic E-state index is 14.3. The number of H-pyrrole nitrogens is 1. The third-order valence-corrected chi connectivity index (χ3v) is 7.11. The summed E-state index contributed by atoms with van der Waals surface area (Å²) in [5.74, 6) is -0.953. The molecule has 182 valence electrons. The number of para-hydroxylation sites is 1. The van der Waals surface area contributed by atoms with Gasteiger partial charge in [0.25, 0.3) is 0 Å². The van der Waals surface area contributed by atoms with Crippen molar-refractivity contribution in [1.29, 1.82) is 0 Å². The van der Waals surface area contributed by atoms with E-state index >= 15 is 0 Å². The van der Waals surface area contributed by atoms with Crippen LogP contribution >= 0.6 is 0 Å². The molecule has 6 rings (SSSR count). The number of piperazine rings is 1. The van der Waals surface area contributed by atoms with Gasteiger partial charge in [-0.15, -0.1) is 0 Å². The second kappa shape index (κ2) is 8.56. The van der Waals surface area contributed by atoms with E-state index in [1.807, 2.05) is 24.3 Å². The van der Waals surface area contributed by atoms with Crippen LogP contribution in [-0.4, -0.2) is 44.4 Å². The number of aromatic nitrogens is 1. The number of benzene rings is 3. The van der Waals surface area contributed by atoms with Crippen molar-refractivity contribution in [3.8, 4) is 0 Å². The van der Waals surface area contributed by atoms with Gasteiger partial charge in [0.15, 0.2) is 5.69 Å². The number of aromatic amines is 1. The minimum Gasteiger partial charge on any atom is -0.595 e. The van der Waals surface area contributed by atoms with E-state index < -0.39 is 23.1 Å². The number of nitrogens with zero attached hydrogens (tertiary/aromatic N) is 2. The third kappa shape index (κ3) is 3.56. The van der Waals surface area contributed by atoms with Crippen molar-refractivity contribution >= 4 is 28.4 Å². The van der Waals surface area contributed by atoms with E-state index in [2.05, 4.69) is 4.98 Å². The van der Waals surface area contributed by atoms with E-state index in [0.717, 1.165) is 22.2 Å². The van der Waals surface area contributed by atoms with Crippen LogP contribution in [0.4, 0.5) is 10.1 Å². The van der Waals surface area contributed by atoms with Gasteiger partial charge >= 0.3 is 0 Å². The lowest BCUT2D eigenvalue weighted by Crippen LogP contribution is -2.99. The molecule has 3 aromatic carbocycles. The Labute approximate surface area is 205 Å². The van der Waals surface area contributed by atoms with Gasteiger partial charge in [0.2, 0.25) is 11.8 Å². The van der Waals surface area contributed by atoms with Crippen molar-refractivity contribution in [3.05, 3.63) is 106 Å². The molecule has 0 aliphatic carbocycles. The van der Waals surface area contributed by atoms with Crippen LogP contribution in [0.3, 0.4) is 0 Å². The highest BCUT2D eigenvalue weighted by atomic mass is 19.1.